The highest BCUT2D eigenvalue weighted by Crippen LogP contribution is 2.58. The van der Waals surface area contributed by atoms with Crippen LogP contribution in [0.5, 0.6) is 0 Å². The number of benzene rings is 2. The van der Waals surface area contributed by atoms with Crippen LogP contribution in [-0.4, -0.2) is 36.6 Å². The summed E-state index contributed by atoms with van der Waals surface area (Å²) in [6, 6.07) is 11.5. The summed E-state index contributed by atoms with van der Waals surface area (Å²) in [4.78, 5) is 13.8. The molecule has 2 aromatic rings. The Morgan fingerprint density at radius 1 is 1.12 bits per heavy atom. The lowest BCUT2D eigenvalue weighted by molar-refractivity contribution is -0.165. The van der Waals surface area contributed by atoms with Crippen molar-refractivity contribution in [2.45, 2.75) is 44.2 Å². The van der Waals surface area contributed by atoms with Crippen LogP contribution in [0.1, 0.15) is 37.9 Å². The van der Waals surface area contributed by atoms with E-state index >= 15 is 0 Å². The van der Waals surface area contributed by atoms with Crippen molar-refractivity contribution in [1.29, 1.82) is 0 Å². The maximum Gasteiger partial charge on any atom is 0.319 e. The Morgan fingerprint density at radius 2 is 1.75 bits per heavy atom. The number of carbonyl (C=O) groups excluding carboxylic acids is 1. The minimum atomic E-state index is -3.94. The van der Waals surface area contributed by atoms with Gasteiger partial charge in [-0.15, -0.1) is 11.8 Å². The van der Waals surface area contributed by atoms with Crippen molar-refractivity contribution >= 4 is 27.8 Å². The van der Waals surface area contributed by atoms with Crippen molar-refractivity contribution in [3.63, 3.8) is 0 Å². The zero-order valence-electron chi connectivity index (χ0n) is 18.5. The van der Waals surface area contributed by atoms with Crippen molar-refractivity contribution in [2.75, 3.05) is 12.3 Å². The number of thioether (sulfide) groups is 1. The van der Waals surface area contributed by atoms with Gasteiger partial charge in [0, 0.05) is 12.3 Å². The highest BCUT2D eigenvalue weighted by Gasteiger charge is 2.62. The number of halogens is 1. The fourth-order valence-electron chi connectivity index (χ4n) is 4.25. The lowest BCUT2D eigenvalue weighted by Crippen LogP contribution is -2.44. The van der Waals surface area contributed by atoms with Crippen LogP contribution in [0.4, 0.5) is 4.39 Å². The largest absolute Gasteiger partial charge is 0.459 e. The molecule has 5 nitrogen and oxygen atoms in total. The summed E-state index contributed by atoms with van der Waals surface area (Å²) in [6.45, 7) is 7.32. The Kier molecular flexibility index (Phi) is 5.76. The summed E-state index contributed by atoms with van der Waals surface area (Å²) in [6.07, 6.45) is 0. The predicted octanol–water partition coefficient (Wildman–Crippen LogP) is 4.84. The molecule has 0 amide bonds. The van der Waals surface area contributed by atoms with Gasteiger partial charge in [0.05, 0.1) is 10.9 Å². The first-order valence-electron chi connectivity index (χ1n) is 10.3. The van der Waals surface area contributed by atoms with Crippen LogP contribution in [0.2, 0.25) is 0 Å². The zero-order valence-corrected chi connectivity index (χ0v) is 20.1. The number of carbonyl (C=O) groups is 1. The quantitative estimate of drug-likeness (QED) is 0.592. The van der Waals surface area contributed by atoms with Crippen LogP contribution in [0, 0.1) is 18.2 Å². The molecule has 4 rings (SSSR count). The topological polar surface area (TPSA) is 63.7 Å². The van der Waals surface area contributed by atoms with Gasteiger partial charge in [0.25, 0.3) is 0 Å². The summed E-state index contributed by atoms with van der Waals surface area (Å²) in [5.41, 5.74) is 0.302. The normalized spacial score (nSPS) is 23.7. The Labute approximate surface area is 192 Å². The minimum absolute atomic E-state index is 0.0739. The molecule has 0 spiro atoms. The van der Waals surface area contributed by atoms with Crippen molar-refractivity contribution in [3.05, 3.63) is 76.5 Å². The van der Waals surface area contributed by atoms with Gasteiger partial charge in [-0.05, 0) is 68.5 Å². The monoisotopic (exact) mass is 475 g/mol. The van der Waals surface area contributed by atoms with E-state index in [4.69, 9.17) is 4.74 Å². The highest BCUT2D eigenvalue weighted by molar-refractivity contribution is 8.02. The predicted molar refractivity (Wildman–Crippen MR) is 123 cm³/mol. The average molecular weight is 476 g/mol. The summed E-state index contributed by atoms with van der Waals surface area (Å²) in [7, 11) is -3.94. The molecular weight excluding hydrogens is 449 g/mol. The molecule has 0 N–H and O–H groups in total. The standard InChI is InChI=1S/C24H26FNO4S2/c1-16-5-11-20(12-6-16)32(28,29)26-13-18-14-31-15-24(18,22(27)30-23(2,3)4)21(26)17-7-9-19(25)10-8-17/h5-12,14,21H,13,15H2,1-4H3/t21-,24-/m0/s1. The van der Waals surface area contributed by atoms with Gasteiger partial charge >= 0.3 is 5.97 Å². The van der Waals surface area contributed by atoms with Gasteiger partial charge in [0.1, 0.15) is 16.8 Å². The van der Waals surface area contributed by atoms with Gasteiger partial charge in [0.2, 0.25) is 10.0 Å². The van der Waals surface area contributed by atoms with Crippen molar-refractivity contribution in [2.24, 2.45) is 5.41 Å². The first-order chi connectivity index (χ1) is 14.9. The van der Waals surface area contributed by atoms with Gasteiger partial charge in [0.15, 0.2) is 0 Å². The number of fused-ring (bicyclic) bond motifs is 1. The van der Waals surface area contributed by atoms with E-state index in [2.05, 4.69) is 0 Å². The van der Waals surface area contributed by atoms with Crippen molar-refractivity contribution in [3.8, 4) is 0 Å². The maximum atomic E-state index is 13.7. The van der Waals surface area contributed by atoms with Crippen LogP contribution in [0.15, 0.2) is 64.4 Å². The maximum absolute atomic E-state index is 13.7. The molecule has 0 bridgehead atoms. The number of rotatable bonds is 4. The number of hydrogen-bond donors (Lipinski definition) is 0. The number of nitrogens with zero attached hydrogens (tertiary/aromatic N) is 1. The van der Waals surface area contributed by atoms with Crippen LogP contribution < -0.4 is 0 Å². The SMILES string of the molecule is Cc1ccc(S(=O)(=O)N2CC3=CSC[C@@]3(C(=O)OC(C)(C)C)[C@@H]2c2ccc(F)cc2)cc1. The summed E-state index contributed by atoms with van der Waals surface area (Å²) >= 11 is 1.47. The zero-order chi connectivity index (χ0) is 23.3. The Balaban J connectivity index is 1.88. The van der Waals surface area contributed by atoms with E-state index in [1.807, 2.05) is 12.3 Å². The first kappa shape index (κ1) is 23.0. The molecule has 1 saturated heterocycles. The van der Waals surface area contributed by atoms with Crippen molar-refractivity contribution in [1.82, 2.24) is 4.31 Å². The molecule has 32 heavy (non-hydrogen) atoms. The van der Waals surface area contributed by atoms with E-state index in [9.17, 15) is 17.6 Å². The Bertz CT molecular complexity index is 1170. The van der Waals surface area contributed by atoms with Crippen LogP contribution in [0.3, 0.4) is 0 Å². The Hall–Kier alpha value is -2.16. The summed E-state index contributed by atoms with van der Waals surface area (Å²) < 4.78 is 48.4. The molecule has 170 valence electrons. The lowest BCUT2D eigenvalue weighted by atomic mass is 9.76. The third-order valence-corrected chi connectivity index (χ3v) is 8.67. The van der Waals surface area contributed by atoms with E-state index in [1.54, 1.807) is 57.2 Å². The van der Waals surface area contributed by atoms with Crippen LogP contribution in [0.25, 0.3) is 0 Å². The molecule has 2 atom stereocenters. The summed E-state index contributed by atoms with van der Waals surface area (Å²) in [5.74, 6) is -0.529. The fourth-order valence-corrected chi connectivity index (χ4v) is 7.18. The Morgan fingerprint density at radius 3 is 2.34 bits per heavy atom. The van der Waals surface area contributed by atoms with Crippen LogP contribution in [-0.2, 0) is 19.6 Å². The molecule has 2 aromatic carbocycles. The van der Waals surface area contributed by atoms with Gasteiger partial charge in [-0.2, -0.15) is 4.31 Å². The molecule has 2 aliphatic rings. The third kappa shape index (κ3) is 3.89. The molecule has 0 aliphatic carbocycles. The number of ether oxygens (including phenoxy) is 1. The second-order valence-electron chi connectivity index (χ2n) is 9.24. The van der Waals surface area contributed by atoms with Crippen molar-refractivity contribution < 1.29 is 22.3 Å². The van der Waals surface area contributed by atoms with Gasteiger partial charge < -0.3 is 4.74 Å². The van der Waals surface area contributed by atoms with E-state index in [0.29, 0.717) is 16.9 Å². The summed E-state index contributed by atoms with van der Waals surface area (Å²) in [5, 5.41) is 1.87. The highest BCUT2D eigenvalue weighted by atomic mass is 32.2. The van der Waals surface area contributed by atoms with Gasteiger partial charge in [-0.3, -0.25) is 4.79 Å². The average Bonchev–Trinajstić information content (AvgIpc) is 3.26. The number of aryl methyl sites for hydroxylation is 1. The molecule has 0 saturated carbocycles. The van der Waals surface area contributed by atoms with Gasteiger partial charge in [-0.25, -0.2) is 12.8 Å². The van der Waals surface area contributed by atoms with Crippen LogP contribution >= 0.6 is 11.8 Å². The molecule has 8 heteroatoms. The lowest BCUT2D eigenvalue weighted by Gasteiger charge is -2.36. The first-order valence-corrected chi connectivity index (χ1v) is 12.8. The molecule has 0 radical (unpaired) electrons. The molecular formula is C24H26FNO4S2. The number of sulfonamides is 1. The fraction of sp³-hybridized carbons (Fsp3) is 0.375. The van der Waals surface area contributed by atoms with E-state index in [-0.39, 0.29) is 11.4 Å². The molecule has 1 fully saturated rings. The third-order valence-electron chi connectivity index (χ3n) is 5.77. The minimum Gasteiger partial charge on any atom is -0.459 e. The van der Waals surface area contributed by atoms with Gasteiger partial charge in [-0.1, -0.05) is 29.8 Å². The smallest absolute Gasteiger partial charge is 0.319 e. The number of hydrogen-bond acceptors (Lipinski definition) is 5. The second kappa shape index (κ2) is 8.01. The van der Waals surface area contributed by atoms with E-state index in [1.165, 1.54) is 28.2 Å². The molecule has 0 unspecified atom stereocenters. The second-order valence-corrected chi connectivity index (χ2v) is 12.0. The molecule has 2 aliphatic heterocycles. The molecule has 0 aromatic heterocycles. The van der Waals surface area contributed by atoms with E-state index in [0.717, 1.165) is 5.56 Å². The number of esters is 1. The van der Waals surface area contributed by atoms with E-state index < -0.39 is 38.9 Å². The molecule has 2 heterocycles.